The van der Waals surface area contributed by atoms with Crippen LogP contribution in [0.2, 0.25) is 0 Å². The highest BCUT2D eigenvalue weighted by molar-refractivity contribution is 7.17. The number of aryl methyl sites for hydroxylation is 1. The number of carbonyl (C=O) groups excluding carboxylic acids is 2. The van der Waals surface area contributed by atoms with Gasteiger partial charge in [0.15, 0.2) is 0 Å². The number of ether oxygens (including phenoxy) is 2. The predicted molar refractivity (Wildman–Crippen MR) is 129 cm³/mol. The summed E-state index contributed by atoms with van der Waals surface area (Å²) in [7, 11) is 2.99. The quantitative estimate of drug-likeness (QED) is 0.400. The van der Waals surface area contributed by atoms with Gasteiger partial charge in [0.05, 0.1) is 36.6 Å². The normalized spacial score (nSPS) is 12.4. The van der Waals surface area contributed by atoms with Crippen LogP contribution >= 0.6 is 11.3 Å². The molecule has 166 valence electrons. The molecular weight excluding hydrogens is 436 g/mol. The second-order valence-electron chi connectivity index (χ2n) is 7.81. The molecule has 1 amide bonds. The van der Waals surface area contributed by atoms with Crippen molar-refractivity contribution in [1.29, 1.82) is 0 Å². The molecule has 1 aliphatic rings. The highest BCUT2D eigenvalue weighted by Crippen LogP contribution is 2.40. The van der Waals surface area contributed by atoms with Crippen LogP contribution in [0.4, 0.5) is 5.00 Å². The van der Waals surface area contributed by atoms with Gasteiger partial charge in [-0.3, -0.25) is 4.79 Å². The minimum Gasteiger partial charge on any atom is -0.497 e. The summed E-state index contributed by atoms with van der Waals surface area (Å²) >= 11 is 1.46. The standard InChI is InChI=1S/C26H22N2O4S/c1-31-16-12-10-15(11-13-16)21-14-19(17-6-3-4-8-20(17)27-21)24(29)28-25-23(26(30)32-2)18-7-5-9-22(18)33-25/h3-4,6,8,10-14H,5,7,9H2,1-2H3,(H,28,29). The molecule has 0 spiro atoms. The average molecular weight is 459 g/mol. The number of hydrogen-bond acceptors (Lipinski definition) is 6. The first-order chi connectivity index (χ1) is 16.1. The van der Waals surface area contributed by atoms with Crippen LogP contribution in [0.3, 0.4) is 0 Å². The van der Waals surface area contributed by atoms with Gasteiger partial charge in [0.25, 0.3) is 5.91 Å². The number of thiophene rings is 1. The summed E-state index contributed by atoms with van der Waals surface area (Å²) in [5.41, 5.74) is 4.26. The van der Waals surface area contributed by atoms with E-state index in [1.807, 2.05) is 48.5 Å². The molecule has 5 rings (SSSR count). The van der Waals surface area contributed by atoms with E-state index in [2.05, 4.69) is 5.32 Å². The van der Waals surface area contributed by atoms with Gasteiger partial charge in [-0.05, 0) is 61.2 Å². The number of aromatic nitrogens is 1. The van der Waals surface area contributed by atoms with Crippen LogP contribution in [0.25, 0.3) is 22.2 Å². The number of para-hydroxylation sites is 1. The molecular formula is C26H22N2O4S. The lowest BCUT2D eigenvalue weighted by Crippen LogP contribution is -2.15. The van der Waals surface area contributed by atoms with E-state index in [1.165, 1.54) is 18.4 Å². The molecule has 6 nitrogen and oxygen atoms in total. The fraction of sp³-hybridized carbons (Fsp3) is 0.192. The largest absolute Gasteiger partial charge is 0.497 e. The Labute approximate surface area is 195 Å². The molecule has 0 bridgehead atoms. The van der Waals surface area contributed by atoms with Gasteiger partial charge in [-0.25, -0.2) is 9.78 Å². The molecule has 0 radical (unpaired) electrons. The number of anilines is 1. The Kier molecular flexibility index (Phi) is 5.56. The summed E-state index contributed by atoms with van der Waals surface area (Å²) in [6.07, 6.45) is 2.76. The van der Waals surface area contributed by atoms with Crippen molar-refractivity contribution >= 4 is 39.1 Å². The maximum atomic E-state index is 13.5. The van der Waals surface area contributed by atoms with E-state index in [-0.39, 0.29) is 5.91 Å². The topological polar surface area (TPSA) is 77.5 Å². The first kappa shape index (κ1) is 21.2. The van der Waals surface area contributed by atoms with Crippen LogP contribution in [0, 0.1) is 0 Å². The van der Waals surface area contributed by atoms with Crippen LogP contribution in [-0.2, 0) is 17.6 Å². The van der Waals surface area contributed by atoms with E-state index in [0.717, 1.165) is 51.9 Å². The zero-order valence-corrected chi connectivity index (χ0v) is 19.1. The lowest BCUT2D eigenvalue weighted by Gasteiger charge is -2.11. The van der Waals surface area contributed by atoms with Crippen molar-refractivity contribution in [3.05, 3.63) is 76.2 Å². The number of methoxy groups -OCH3 is 2. The van der Waals surface area contributed by atoms with Gasteiger partial charge in [-0.2, -0.15) is 0 Å². The second kappa shape index (κ2) is 8.67. The van der Waals surface area contributed by atoms with Crippen molar-refractivity contribution in [3.63, 3.8) is 0 Å². The van der Waals surface area contributed by atoms with Gasteiger partial charge in [0.2, 0.25) is 0 Å². The molecule has 0 fully saturated rings. The van der Waals surface area contributed by atoms with Crippen molar-refractivity contribution in [3.8, 4) is 17.0 Å². The Morgan fingerprint density at radius 2 is 1.82 bits per heavy atom. The SMILES string of the molecule is COC(=O)c1c(NC(=O)c2cc(-c3ccc(OC)cc3)nc3ccccc23)sc2c1CCC2. The smallest absolute Gasteiger partial charge is 0.341 e. The van der Waals surface area contributed by atoms with E-state index in [0.29, 0.717) is 21.8 Å². The van der Waals surface area contributed by atoms with Crippen molar-refractivity contribution in [2.45, 2.75) is 19.3 Å². The summed E-state index contributed by atoms with van der Waals surface area (Å²) < 4.78 is 10.3. The van der Waals surface area contributed by atoms with Crippen LogP contribution in [0.5, 0.6) is 5.75 Å². The zero-order chi connectivity index (χ0) is 22.9. The predicted octanol–water partition coefficient (Wildman–Crippen LogP) is 5.50. The van der Waals surface area contributed by atoms with Crippen LogP contribution in [0.15, 0.2) is 54.6 Å². The number of esters is 1. The monoisotopic (exact) mass is 458 g/mol. The molecule has 0 aliphatic heterocycles. The lowest BCUT2D eigenvalue weighted by atomic mass is 10.0. The molecule has 4 aromatic rings. The summed E-state index contributed by atoms with van der Waals surface area (Å²) in [6.45, 7) is 0. The summed E-state index contributed by atoms with van der Waals surface area (Å²) in [4.78, 5) is 31.9. The van der Waals surface area contributed by atoms with Gasteiger partial charge in [-0.15, -0.1) is 11.3 Å². The summed E-state index contributed by atoms with van der Waals surface area (Å²) in [5.74, 6) is 0.0511. The third-order valence-electron chi connectivity index (χ3n) is 5.88. The van der Waals surface area contributed by atoms with E-state index in [4.69, 9.17) is 14.5 Å². The number of nitrogens with one attached hydrogen (secondary N) is 1. The van der Waals surface area contributed by atoms with Gasteiger partial charge < -0.3 is 14.8 Å². The number of carbonyl (C=O) groups is 2. The minimum absolute atomic E-state index is 0.284. The Hall–Kier alpha value is -3.71. The number of rotatable bonds is 5. The molecule has 2 heterocycles. The third-order valence-corrected chi connectivity index (χ3v) is 7.09. The van der Waals surface area contributed by atoms with Crippen LogP contribution in [0.1, 0.15) is 37.6 Å². The third kappa shape index (κ3) is 3.85. The Bertz CT molecular complexity index is 1380. The molecule has 33 heavy (non-hydrogen) atoms. The molecule has 0 unspecified atom stereocenters. The van der Waals surface area contributed by atoms with Crippen LogP contribution in [-0.4, -0.2) is 31.1 Å². The lowest BCUT2D eigenvalue weighted by molar-refractivity contribution is 0.0601. The molecule has 1 aliphatic carbocycles. The average Bonchev–Trinajstić information content (AvgIpc) is 3.43. The van der Waals surface area contributed by atoms with Gasteiger partial charge >= 0.3 is 5.97 Å². The Morgan fingerprint density at radius 1 is 1.03 bits per heavy atom. The molecule has 0 saturated carbocycles. The summed E-state index contributed by atoms with van der Waals surface area (Å²) in [5, 5.41) is 4.28. The van der Waals surface area contributed by atoms with Crippen molar-refractivity contribution in [2.24, 2.45) is 0 Å². The zero-order valence-electron chi connectivity index (χ0n) is 18.3. The van der Waals surface area contributed by atoms with Gasteiger partial charge in [0.1, 0.15) is 10.8 Å². The van der Waals surface area contributed by atoms with E-state index in [9.17, 15) is 9.59 Å². The number of amides is 1. The fourth-order valence-electron chi connectivity index (χ4n) is 4.25. The van der Waals surface area contributed by atoms with Crippen molar-refractivity contribution in [1.82, 2.24) is 4.98 Å². The maximum absolute atomic E-state index is 13.5. The maximum Gasteiger partial charge on any atom is 0.341 e. The van der Waals surface area contributed by atoms with Gasteiger partial charge in [0, 0.05) is 15.8 Å². The summed E-state index contributed by atoms with van der Waals surface area (Å²) in [6, 6.07) is 16.9. The number of nitrogens with zero attached hydrogens (tertiary/aromatic N) is 1. The Morgan fingerprint density at radius 3 is 2.58 bits per heavy atom. The molecule has 1 N–H and O–H groups in total. The first-order valence-electron chi connectivity index (χ1n) is 10.7. The number of benzene rings is 2. The first-order valence-corrected chi connectivity index (χ1v) is 11.5. The van der Waals surface area contributed by atoms with Crippen molar-refractivity contribution in [2.75, 3.05) is 19.5 Å². The van der Waals surface area contributed by atoms with Crippen LogP contribution < -0.4 is 10.1 Å². The van der Waals surface area contributed by atoms with E-state index >= 15 is 0 Å². The highest BCUT2D eigenvalue weighted by atomic mass is 32.1. The molecule has 2 aromatic carbocycles. The highest BCUT2D eigenvalue weighted by Gasteiger charge is 2.28. The molecule has 7 heteroatoms. The fourth-order valence-corrected chi connectivity index (χ4v) is 5.53. The number of fused-ring (bicyclic) bond motifs is 2. The second-order valence-corrected chi connectivity index (χ2v) is 8.91. The van der Waals surface area contributed by atoms with Crippen molar-refractivity contribution < 1.29 is 19.1 Å². The number of pyridine rings is 1. The minimum atomic E-state index is -0.414. The van der Waals surface area contributed by atoms with E-state index in [1.54, 1.807) is 13.2 Å². The van der Waals surface area contributed by atoms with E-state index < -0.39 is 5.97 Å². The Balaban J connectivity index is 1.57. The molecule has 2 aromatic heterocycles. The van der Waals surface area contributed by atoms with Gasteiger partial charge in [-0.1, -0.05) is 18.2 Å². The molecule has 0 atom stereocenters. The molecule has 0 saturated heterocycles. The number of hydrogen-bond donors (Lipinski definition) is 1.